The van der Waals surface area contributed by atoms with Gasteiger partial charge in [0.25, 0.3) is 0 Å². The van der Waals surface area contributed by atoms with Crippen LogP contribution < -0.4 is 5.32 Å². The monoisotopic (exact) mass is 302 g/mol. The lowest BCUT2D eigenvalue weighted by Crippen LogP contribution is -2.48. The molecule has 3 atom stereocenters. The first-order valence-electron chi connectivity index (χ1n) is 7.67. The van der Waals surface area contributed by atoms with Gasteiger partial charge in [-0.1, -0.05) is 6.92 Å². The summed E-state index contributed by atoms with van der Waals surface area (Å²) in [5.41, 5.74) is 0. The minimum Gasteiger partial charge on any atom is -0.338 e. The average molecular weight is 302 g/mol. The van der Waals surface area contributed by atoms with E-state index in [1.807, 2.05) is 11.8 Å². The van der Waals surface area contributed by atoms with Crippen molar-refractivity contribution in [2.45, 2.75) is 51.6 Å². The molecule has 0 aliphatic carbocycles. The zero-order chi connectivity index (χ0) is 14.8. The second-order valence-electron chi connectivity index (χ2n) is 6.16. The van der Waals surface area contributed by atoms with E-state index >= 15 is 0 Å². The fraction of sp³-hybridized carbons (Fsp3) is 0.929. The first-order chi connectivity index (χ1) is 9.43. The molecule has 6 heteroatoms. The van der Waals surface area contributed by atoms with E-state index in [4.69, 9.17) is 0 Å². The van der Waals surface area contributed by atoms with Crippen molar-refractivity contribution in [3.63, 3.8) is 0 Å². The number of nitrogens with zero attached hydrogens (tertiary/aromatic N) is 1. The minimum atomic E-state index is -2.94. The molecular formula is C14H26N2O3S. The van der Waals surface area contributed by atoms with E-state index in [1.165, 1.54) is 0 Å². The summed E-state index contributed by atoms with van der Waals surface area (Å²) >= 11 is 0. The van der Waals surface area contributed by atoms with Crippen LogP contribution in [0.5, 0.6) is 0 Å². The molecule has 0 bridgehead atoms. The summed E-state index contributed by atoms with van der Waals surface area (Å²) in [4.78, 5) is 14.6. The fourth-order valence-electron chi connectivity index (χ4n) is 3.33. The van der Waals surface area contributed by atoms with Crippen molar-refractivity contribution in [2.75, 3.05) is 24.6 Å². The van der Waals surface area contributed by atoms with Gasteiger partial charge in [-0.3, -0.25) is 4.79 Å². The van der Waals surface area contributed by atoms with Crippen molar-refractivity contribution >= 4 is 15.7 Å². The minimum absolute atomic E-state index is 0.0566. The number of carbonyl (C=O) groups excluding carboxylic acids is 1. The number of sulfone groups is 1. The third-order valence-electron chi connectivity index (χ3n) is 4.37. The molecular weight excluding hydrogens is 276 g/mol. The molecule has 116 valence electrons. The molecule has 1 unspecified atom stereocenters. The molecule has 0 radical (unpaired) electrons. The molecule has 0 spiro atoms. The molecule has 2 saturated heterocycles. The van der Waals surface area contributed by atoms with Crippen LogP contribution in [0.15, 0.2) is 0 Å². The van der Waals surface area contributed by atoms with Gasteiger partial charge in [0.2, 0.25) is 5.91 Å². The Bertz CT molecular complexity index is 449. The Kier molecular flexibility index (Phi) is 5.07. The maximum absolute atomic E-state index is 12.7. The molecule has 2 aliphatic heterocycles. The number of rotatable bonds is 4. The molecule has 1 amide bonds. The van der Waals surface area contributed by atoms with E-state index in [0.29, 0.717) is 19.0 Å². The first-order valence-corrected chi connectivity index (χ1v) is 9.49. The van der Waals surface area contributed by atoms with Gasteiger partial charge >= 0.3 is 0 Å². The van der Waals surface area contributed by atoms with E-state index in [2.05, 4.69) is 12.2 Å². The Hall–Kier alpha value is -0.620. The maximum atomic E-state index is 12.7. The Morgan fingerprint density at radius 1 is 1.35 bits per heavy atom. The average Bonchev–Trinajstić information content (AvgIpc) is 2.75. The molecule has 20 heavy (non-hydrogen) atoms. The summed E-state index contributed by atoms with van der Waals surface area (Å²) in [5, 5.41) is 3.35. The van der Waals surface area contributed by atoms with Crippen LogP contribution in [0.2, 0.25) is 0 Å². The van der Waals surface area contributed by atoms with E-state index in [9.17, 15) is 13.2 Å². The normalized spacial score (nSPS) is 33.0. The summed E-state index contributed by atoms with van der Waals surface area (Å²) in [6, 6.07) is 0.270. The number of nitrogens with one attached hydrogen (secondary N) is 1. The van der Waals surface area contributed by atoms with Crippen LogP contribution in [0.4, 0.5) is 0 Å². The third-order valence-corrected chi connectivity index (χ3v) is 6.12. The van der Waals surface area contributed by atoms with E-state index in [0.717, 1.165) is 25.8 Å². The van der Waals surface area contributed by atoms with E-state index < -0.39 is 9.84 Å². The second-order valence-corrected chi connectivity index (χ2v) is 8.39. The summed E-state index contributed by atoms with van der Waals surface area (Å²) in [6.07, 6.45) is 3.21. The van der Waals surface area contributed by atoms with Gasteiger partial charge in [0.1, 0.15) is 0 Å². The zero-order valence-electron chi connectivity index (χ0n) is 12.5. The smallest absolute Gasteiger partial charge is 0.226 e. The number of carbonyl (C=O) groups is 1. The molecule has 0 aromatic rings. The van der Waals surface area contributed by atoms with Crippen LogP contribution in [0.25, 0.3) is 0 Å². The number of piperidine rings is 1. The molecule has 2 heterocycles. The largest absolute Gasteiger partial charge is 0.338 e. The van der Waals surface area contributed by atoms with Crippen LogP contribution in [0, 0.1) is 5.92 Å². The van der Waals surface area contributed by atoms with Crippen LogP contribution in [0.1, 0.15) is 39.5 Å². The first kappa shape index (κ1) is 15.8. The van der Waals surface area contributed by atoms with E-state index in [-0.39, 0.29) is 29.4 Å². The fourth-order valence-corrected chi connectivity index (χ4v) is 5.06. The van der Waals surface area contributed by atoms with Crippen molar-refractivity contribution in [3.05, 3.63) is 0 Å². The lowest BCUT2D eigenvalue weighted by atomic mass is 9.91. The van der Waals surface area contributed by atoms with Gasteiger partial charge in [-0.25, -0.2) is 8.42 Å². The topological polar surface area (TPSA) is 66.5 Å². The Labute approximate surface area is 122 Å². The second kappa shape index (κ2) is 6.43. The highest BCUT2D eigenvalue weighted by Crippen LogP contribution is 2.24. The number of hydrogen-bond donors (Lipinski definition) is 1. The van der Waals surface area contributed by atoms with Gasteiger partial charge in [-0.15, -0.1) is 0 Å². The SMILES string of the molecule is CCCN(C(=O)[C@H]1CCN[C@@H](C)C1)C1CCS(=O)(=O)C1. The highest BCUT2D eigenvalue weighted by molar-refractivity contribution is 7.91. The van der Waals surface area contributed by atoms with Crippen LogP contribution in [-0.4, -0.2) is 55.9 Å². The summed E-state index contributed by atoms with van der Waals surface area (Å²) in [5.74, 6) is 0.607. The Balaban J connectivity index is 2.06. The van der Waals surface area contributed by atoms with Gasteiger partial charge in [0.15, 0.2) is 9.84 Å². The molecule has 2 fully saturated rings. The highest BCUT2D eigenvalue weighted by atomic mass is 32.2. The lowest BCUT2D eigenvalue weighted by molar-refractivity contribution is -0.138. The predicted octanol–water partition coefficient (Wildman–Crippen LogP) is 0.800. The van der Waals surface area contributed by atoms with Crippen molar-refractivity contribution < 1.29 is 13.2 Å². The highest BCUT2D eigenvalue weighted by Gasteiger charge is 2.37. The third kappa shape index (κ3) is 3.73. The standard InChI is InChI=1S/C14H26N2O3S/c1-3-7-16(13-5-8-20(18,19)10-13)14(17)12-4-6-15-11(2)9-12/h11-13,15H,3-10H2,1-2H3/t11-,12-,13?/m0/s1. The molecule has 1 N–H and O–H groups in total. The summed E-state index contributed by atoms with van der Waals surface area (Å²) < 4.78 is 23.3. The summed E-state index contributed by atoms with van der Waals surface area (Å²) in [7, 11) is -2.94. The van der Waals surface area contributed by atoms with Gasteiger partial charge in [-0.2, -0.15) is 0 Å². The molecule has 2 rings (SSSR count). The van der Waals surface area contributed by atoms with Crippen molar-refractivity contribution in [1.82, 2.24) is 10.2 Å². The molecule has 0 aromatic heterocycles. The van der Waals surface area contributed by atoms with Crippen molar-refractivity contribution in [2.24, 2.45) is 5.92 Å². The number of amides is 1. The molecule has 5 nitrogen and oxygen atoms in total. The lowest BCUT2D eigenvalue weighted by Gasteiger charge is -2.35. The van der Waals surface area contributed by atoms with Crippen LogP contribution in [-0.2, 0) is 14.6 Å². The van der Waals surface area contributed by atoms with Gasteiger partial charge in [0, 0.05) is 24.5 Å². The summed E-state index contributed by atoms with van der Waals surface area (Å²) in [6.45, 7) is 5.69. The molecule has 0 saturated carbocycles. The zero-order valence-corrected chi connectivity index (χ0v) is 13.3. The van der Waals surface area contributed by atoms with Gasteiger partial charge in [-0.05, 0) is 39.2 Å². The van der Waals surface area contributed by atoms with Crippen molar-refractivity contribution in [3.8, 4) is 0 Å². The Morgan fingerprint density at radius 2 is 2.10 bits per heavy atom. The predicted molar refractivity (Wildman–Crippen MR) is 79.3 cm³/mol. The van der Waals surface area contributed by atoms with Crippen LogP contribution >= 0.6 is 0 Å². The van der Waals surface area contributed by atoms with Gasteiger partial charge < -0.3 is 10.2 Å². The number of hydrogen-bond acceptors (Lipinski definition) is 4. The quantitative estimate of drug-likeness (QED) is 0.834. The molecule has 2 aliphatic rings. The molecule has 0 aromatic carbocycles. The van der Waals surface area contributed by atoms with Gasteiger partial charge in [0.05, 0.1) is 11.5 Å². The van der Waals surface area contributed by atoms with Crippen LogP contribution in [0.3, 0.4) is 0 Å². The Morgan fingerprint density at radius 3 is 2.65 bits per heavy atom. The maximum Gasteiger partial charge on any atom is 0.226 e. The van der Waals surface area contributed by atoms with Crippen molar-refractivity contribution in [1.29, 1.82) is 0 Å². The van der Waals surface area contributed by atoms with E-state index in [1.54, 1.807) is 0 Å².